The summed E-state index contributed by atoms with van der Waals surface area (Å²) < 4.78 is 0. The Bertz CT molecular complexity index is 587. The molecular weight excluding hydrogens is 248 g/mol. The predicted molar refractivity (Wildman–Crippen MR) is 80.4 cm³/mol. The molecule has 0 saturated carbocycles. The van der Waals surface area contributed by atoms with Gasteiger partial charge in [-0.2, -0.15) is 0 Å². The Kier molecular flexibility index (Phi) is 4.49. The maximum Gasteiger partial charge on any atom is 0.155 e. The number of benzene rings is 2. The molecular formula is C18H18O2. The van der Waals surface area contributed by atoms with Crippen LogP contribution in [0.5, 0.6) is 0 Å². The highest BCUT2D eigenvalue weighted by Gasteiger charge is 2.27. The lowest BCUT2D eigenvalue weighted by atomic mass is 9.82. The Labute approximate surface area is 119 Å². The van der Waals surface area contributed by atoms with Gasteiger partial charge in [-0.3, -0.25) is 4.79 Å². The van der Waals surface area contributed by atoms with Gasteiger partial charge >= 0.3 is 0 Å². The van der Waals surface area contributed by atoms with Gasteiger partial charge in [0.1, 0.15) is 0 Å². The van der Waals surface area contributed by atoms with Crippen LogP contribution in [0.4, 0.5) is 0 Å². The van der Waals surface area contributed by atoms with Crippen LogP contribution < -0.4 is 0 Å². The van der Waals surface area contributed by atoms with Crippen molar-refractivity contribution in [2.45, 2.75) is 18.9 Å². The second-order valence-corrected chi connectivity index (χ2v) is 4.83. The zero-order chi connectivity index (χ0) is 14.5. The summed E-state index contributed by atoms with van der Waals surface area (Å²) in [6.07, 6.45) is -0.782. The van der Waals surface area contributed by atoms with Crippen LogP contribution in [0.25, 0.3) is 0 Å². The van der Waals surface area contributed by atoms with E-state index < -0.39 is 12.0 Å². The fraction of sp³-hybridized carbons (Fsp3) is 0.167. The van der Waals surface area contributed by atoms with Crippen LogP contribution in [0.1, 0.15) is 30.1 Å². The largest absolute Gasteiger partial charge is 0.387 e. The van der Waals surface area contributed by atoms with Gasteiger partial charge in [-0.05, 0) is 23.6 Å². The van der Waals surface area contributed by atoms with Crippen LogP contribution in [0, 0.1) is 0 Å². The summed E-state index contributed by atoms with van der Waals surface area (Å²) in [6.45, 7) is 5.35. The van der Waals surface area contributed by atoms with Crippen LogP contribution in [-0.2, 0) is 4.79 Å². The molecule has 102 valence electrons. The molecule has 20 heavy (non-hydrogen) atoms. The highest BCUT2D eigenvalue weighted by atomic mass is 16.3. The standard InChI is InChI=1S/C18H18O2/c1-13(14(2)19)17(15-9-5-3-6-10-15)18(20)16-11-7-4-8-12-16/h3-12,17-18,20H,1H2,2H3/t17-,18+/m0/s1. The molecule has 0 saturated heterocycles. The highest BCUT2D eigenvalue weighted by molar-refractivity contribution is 5.94. The molecule has 0 fully saturated rings. The molecule has 2 heteroatoms. The van der Waals surface area contributed by atoms with E-state index in [-0.39, 0.29) is 5.78 Å². The second-order valence-electron chi connectivity index (χ2n) is 4.83. The topological polar surface area (TPSA) is 37.3 Å². The van der Waals surface area contributed by atoms with Crippen molar-refractivity contribution >= 4 is 5.78 Å². The van der Waals surface area contributed by atoms with E-state index >= 15 is 0 Å². The van der Waals surface area contributed by atoms with Gasteiger partial charge in [0.05, 0.1) is 6.10 Å². The van der Waals surface area contributed by atoms with Crippen LogP contribution in [0.2, 0.25) is 0 Å². The van der Waals surface area contributed by atoms with Gasteiger partial charge in [-0.15, -0.1) is 0 Å². The van der Waals surface area contributed by atoms with E-state index in [0.717, 1.165) is 11.1 Å². The Morgan fingerprint density at radius 2 is 1.40 bits per heavy atom. The van der Waals surface area contributed by atoms with Crippen molar-refractivity contribution in [1.29, 1.82) is 0 Å². The maximum atomic E-state index is 11.7. The Morgan fingerprint density at radius 3 is 1.85 bits per heavy atom. The number of Topliss-reactive ketones (excluding diaryl/α,β-unsaturated/α-hetero) is 1. The van der Waals surface area contributed by atoms with E-state index in [1.54, 1.807) is 0 Å². The van der Waals surface area contributed by atoms with E-state index in [2.05, 4.69) is 6.58 Å². The molecule has 2 aromatic carbocycles. The third kappa shape index (κ3) is 3.03. The quantitative estimate of drug-likeness (QED) is 0.839. The number of carbonyl (C=O) groups excluding carboxylic acids is 1. The molecule has 2 aromatic rings. The number of hydrogen-bond donors (Lipinski definition) is 1. The van der Waals surface area contributed by atoms with Crippen molar-refractivity contribution in [1.82, 2.24) is 0 Å². The Hall–Kier alpha value is -2.19. The SMILES string of the molecule is C=C(C(C)=O)[C@@H](c1ccccc1)[C@H](O)c1ccccc1. The van der Waals surface area contributed by atoms with Crippen LogP contribution in [0.15, 0.2) is 72.8 Å². The molecule has 2 rings (SSSR count). The fourth-order valence-corrected chi connectivity index (χ4v) is 2.30. The third-order valence-electron chi connectivity index (χ3n) is 3.44. The average molecular weight is 266 g/mol. The molecule has 0 aliphatic carbocycles. The summed E-state index contributed by atoms with van der Waals surface area (Å²) in [7, 11) is 0. The smallest absolute Gasteiger partial charge is 0.155 e. The lowest BCUT2D eigenvalue weighted by molar-refractivity contribution is -0.114. The predicted octanol–water partition coefficient (Wildman–Crippen LogP) is 3.65. The van der Waals surface area contributed by atoms with Gasteiger partial charge in [0, 0.05) is 5.92 Å². The lowest BCUT2D eigenvalue weighted by Crippen LogP contribution is -2.16. The molecule has 0 amide bonds. The highest BCUT2D eigenvalue weighted by Crippen LogP contribution is 2.36. The van der Waals surface area contributed by atoms with Gasteiger partial charge in [-0.1, -0.05) is 67.2 Å². The summed E-state index contributed by atoms with van der Waals surface area (Å²) in [5.74, 6) is -0.523. The number of rotatable bonds is 5. The van der Waals surface area contributed by atoms with Crippen LogP contribution in [-0.4, -0.2) is 10.9 Å². The average Bonchev–Trinajstić information content (AvgIpc) is 2.49. The molecule has 2 nitrogen and oxygen atoms in total. The molecule has 2 atom stereocenters. The van der Waals surface area contributed by atoms with Crippen molar-refractivity contribution in [3.05, 3.63) is 83.9 Å². The summed E-state index contributed by atoms with van der Waals surface area (Å²) in [5.41, 5.74) is 2.10. The first-order chi connectivity index (χ1) is 9.61. The van der Waals surface area contributed by atoms with Crippen molar-refractivity contribution in [2.75, 3.05) is 0 Å². The van der Waals surface area contributed by atoms with Gasteiger partial charge in [0.2, 0.25) is 0 Å². The number of aliphatic hydroxyl groups is 1. The molecule has 0 aliphatic rings. The van der Waals surface area contributed by atoms with Gasteiger partial charge in [0.15, 0.2) is 5.78 Å². The van der Waals surface area contributed by atoms with Crippen molar-refractivity contribution in [3.63, 3.8) is 0 Å². The minimum atomic E-state index is -0.782. The van der Waals surface area contributed by atoms with E-state index in [0.29, 0.717) is 5.57 Å². The normalized spacial score (nSPS) is 13.5. The first-order valence-corrected chi connectivity index (χ1v) is 6.59. The first-order valence-electron chi connectivity index (χ1n) is 6.59. The van der Waals surface area contributed by atoms with E-state index in [1.165, 1.54) is 6.92 Å². The number of ketones is 1. The van der Waals surface area contributed by atoms with Crippen LogP contribution in [0.3, 0.4) is 0 Å². The summed E-state index contributed by atoms with van der Waals surface area (Å²) in [4.78, 5) is 11.7. The van der Waals surface area contributed by atoms with Crippen molar-refractivity contribution in [3.8, 4) is 0 Å². The summed E-state index contributed by atoms with van der Waals surface area (Å²) in [6, 6.07) is 18.9. The lowest BCUT2D eigenvalue weighted by Gasteiger charge is -2.24. The molecule has 0 unspecified atom stereocenters. The molecule has 1 N–H and O–H groups in total. The number of aliphatic hydroxyl groups excluding tert-OH is 1. The first kappa shape index (κ1) is 14.2. The van der Waals surface area contributed by atoms with E-state index in [9.17, 15) is 9.90 Å². The van der Waals surface area contributed by atoms with Gasteiger partial charge in [-0.25, -0.2) is 0 Å². The molecule has 0 bridgehead atoms. The molecule has 0 aliphatic heterocycles. The van der Waals surface area contributed by atoms with E-state index in [1.807, 2.05) is 60.7 Å². The second kappa shape index (κ2) is 6.31. The zero-order valence-corrected chi connectivity index (χ0v) is 11.5. The zero-order valence-electron chi connectivity index (χ0n) is 11.5. The maximum absolute atomic E-state index is 11.7. The van der Waals surface area contributed by atoms with Crippen molar-refractivity contribution < 1.29 is 9.90 Å². The molecule has 0 radical (unpaired) electrons. The van der Waals surface area contributed by atoms with Gasteiger partial charge in [0.25, 0.3) is 0 Å². The minimum absolute atomic E-state index is 0.103. The van der Waals surface area contributed by atoms with Gasteiger partial charge < -0.3 is 5.11 Å². The minimum Gasteiger partial charge on any atom is -0.387 e. The molecule has 0 heterocycles. The molecule has 0 aromatic heterocycles. The van der Waals surface area contributed by atoms with Crippen molar-refractivity contribution in [2.24, 2.45) is 0 Å². The summed E-state index contributed by atoms with van der Waals surface area (Å²) in [5, 5.41) is 10.6. The Morgan fingerprint density at radius 1 is 0.950 bits per heavy atom. The molecule has 0 spiro atoms. The fourth-order valence-electron chi connectivity index (χ4n) is 2.30. The number of hydrogen-bond acceptors (Lipinski definition) is 2. The van der Waals surface area contributed by atoms with E-state index in [4.69, 9.17) is 0 Å². The monoisotopic (exact) mass is 266 g/mol. The third-order valence-corrected chi connectivity index (χ3v) is 3.44. The Balaban J connectivity index is 2.42. The summed E-state index contributed by atoms with van der Waals surface area (Å²) >= 11 is 0. The number of carbonyl (C=O) groups is 1. The van der Waals surface area contributed by atoms with Crippen LogP contribution >= 0.6 is 0 Å².